The third-order valence-corrected chi connectivity index (χ3v) is 4.03. The van der Waals surface area contributed by atoms with E-state index in [1.807, 2.05) is 47.6 Å². The van der Waals surface area contributed by atoms with Crippen LogP contribution in [0.25, 0.3) is 10.2 Å². The zero-order valence-electron chi connectivity index (χ0n) is 13.9. The summed E-state index contributed by atoms with van der Waals surface area (Å²) in [5, 5.41) is 4.18. The summed E-state index contributed by atoms with van der Waals surface area (Å²) in [4.78, 5) is 23.1. The van der Waals surface area contributed by atoms with Gasteiger partial charge in [-0.25, -0.2) is 14.8 Å². The van der Waals surface area contributed by atoms with Gasteiger partial charge >= 0.3 is 5.97 Å². The van der Waals surface area contributed by atoms with Crippen LogP contribution in [-0.4, -0.2) is 27.6 Å². The highest BCUT2D eigenvalue weighted by atomic mass is 32.1. The smallest absolute Gasteiger partial charge is 0.329 e. The molecule has 0 radical (unpaired) electrons. The number of hydrogen-bond donors (Lipinski definition) is 1. The Labute approximate surface area is 135 Å². The molecule has 0 fully saturated rings. The number of fused-ring (bicyclic) bond motifs is 1. The quantitative estimate of drug-likeness (QED) is 0.868. The lowest BCUT2D eigenvalue weighted by molar-refractivity contribution is -0.156. The molecule has 0 aliphatic carbocycles. The van der Waals surface area contributed by atoms with Crippen molar-refractivity contribution in [1.82, 2.24) is 9.97 Å². The van der Waals surface area contributed by atoms with Crippen molar-refractivity contribution in [3.63, 3.8) is 0 Å². The molecule has 0 spiro atoms. The first-order valence-corrected chi connectivity index (χ1v) is 8.19. The van der Waals surface area contributed by atoms with Crippen molar-refractivity contribution in [3.8, 4) is 0 Å². The minimum Gasteiger partial charge on any atom is -0.458 e. The van der Waals surface area contributed by atoms with E-state index in [2.05, 4.69) is 15.3 Å². The molecule has 2 aromatic rings. The summed E-state index contributed by atoms with van der Waals surface area (Å²) in [6, 6.07) is 1.59. The first kappa shape index (κ1) is 16.7. The third kappa shape index (κ3) is 3.94. The van der Waals surface area contributed by atoms with Gasteiger partial charge in [0.2, 0.25) is 0 Å². The van der Waals surface area contributed by atoms with E-state index in [4.69, 9.17) is 4.74 Å². The van der Waals surface area contributed by atoms with Crippen molar-refractivity contribution in [2.45, 2.75) is 53.2 Å². The fourth-order valence-corrected chi connectivity index (χ4v) is 2.95. The highest BCUT2D eigenvalue weighted by Gasteiger charge is 2.28. The van der Waals surface area contributed by atoms with E-state index in [1.54, 1.807) is 11.3 Å². The summed E-state index contributed by atoms with van der Waals surface area (Å²) in [6.07, 6.45) is 1.52. The molecule has 0 bridgehead atoms. The van der Waals surface area contributed by atoms with Gasteiger partial charge in [-0.05, 0) is 39.7 Å². The van der Waals surface area contributed by atoms with Gasteiger partial charge in [-0.15, -0.1) is 11.3 Å². The number of aryl methyl sites for hydroxylation is 1. The van der Waals surface area contributed by atoms with E-state index in [9.17, 15) is 4.79 Å². The van der Waals surface area contributed by atoms with Crippen LogP contribution < -0.4 is 5.32 Å². The topological polar surface area (TPSA) is 64.1 Å². The van der Waals surface area contributed by atoms with Crippen LogP contribution >= 0.6 is 11.3 Å². The van der Waals surface area contributed by atoms with Crippen molar-refractivity contribution in [1.29, 1.82) is 0 Å². The van der Waals surface area contributed by atoms with E-state index in [0.717, 1.165) is 15.1 Å². The van der Waals surface area contributed by atoms with E-state index in [-0.39, 0.29) is 11.9 Å². The van der Waals surface area contributed by atoms with Crippen LogP contribution in [0.2, 0.25) is 0 Å². The zero-order valence-corrected chi connectivity index (χ0v) is 14.7. The molecule has 0 saturated heterocycles. The van der Waals surface area contributed by atoms with Crippen LogP contribution in [0.3, 0.4) is 0 Å². The van der Waals surface area contributed by atoms with Crippen LogP contribution in [0, 0.1) is 12.8 Å². The van der Waals surface area contributed by atoms with Gasteiger partial charge in [0.15, 0.2) is 0 Å². The molecule has 0 aliphatic rings. The number of carbonyl (C=O) groups is 1. The Bertz CT molecular complexity index is 674. The molecule has 2 heterocycles. The number of thiophene rings is 1. The van der Waals surface area contributed by atoms with Crippen molar-refractivity contribution in [3.05, 3.63) is 17.3 Å². The number of anilines is 1. The summed E-state index contributed by atoms with van der Waals surface area (Å²) < 4.78 is 5.51. The van der Waals surface area contributed by atoms with Crippen molar-refractivity contribution >= 4 is 33.3 Å². The number of ether oxygens (including phenoxy) is 1. The van der Waals surface area contributed by atoms with Gasteiger partial charge in [-0.3, -0.25) is 0 Å². The predicted molar refractivity (Wildman–Crippen MR) is 90.2 cm³/mol. The normalized spacial score (nSPS) is 13.4. The summed E-state index contributed by atoms with van der Waals surface area (Å²) in [5.41, 5.74) is -0.508. The molecule has 0 aliphatic heterocycles. The molecule has 2 aromatic heterocycles. The number of rotatable bonds is 4. The summed E-state index contributed by atoms with van der Waals surface area (Å²) in [5.74, 6) is 0.500. The summed E-state index contributed by atoms with van der Waals surface area (Å²) in [7, 11) is 0. The molecule has 1 atom stereocenters. The lowest BCUT2D eigenvalue weighted by atomic mass is 10.0. The highest BCUT2D eigenvalue weighted by Crippen LogP contribution is 2.28. The lowest BCUT2D eigenvalue weighted by Crippen LogP contribution is -2.40. The maximum absolute atomic E-state index is 12.4. The average molecular weight is 321 g/mol. The number of nitrogens with one attached hydrogen (secondary N) is 1. The fourth-order valence-electron chi connectivity index (χ4n) is 2.10. The van der Waals surface area contributed by atoms with Gasteiger partial charge in [0, 0.05) is 4.88 Å². The monoisotopic (exact) mass is 321 g/mol. The molecule has 0 saturated carbocycles. The molecule has 0 amide bonds. The number of carbonyl (C=O) groups excluding carboxylic acids is 1. The van der Waals surface area contributed by atoms with Gasteiger partial charge in [0.1, 0.15) is 28.6 Å². The van der Waals surface area contributed by atoms with Crippen LogP contribution in [0.4, 0.5) is 5.82 Å². The van der Waals surface area contributed by atoms with Gasteiger partial charge < -0.3 is 10.1 Å². The van der Waals surface area contributed by atoms with E-state index in [0.29, 0.717) is 5.82 Å². The van der Waals surface area contributed by atoms with Gasteiger partial charge in [-0.2, -0.15) is 0 Å². The number of hydrogen-bond acceptors (Lipinski definition) is 6. The average Bonchev–Trinajstić information content (AvgIpc) is 2.74. The van der Waals surface area contributed by atoms with E-state index in [1.165, 1.54) is 6.33 Å². The molecule has 2 rings (SSSR count). The first-order valence-electron chi connectivity index (χ1n) is 7.38. The molecule has 0 aromatic carbocycles. The Kier molecular flexibility index (Phi) is 4.70. The van der Waals surface area contributed by atoms with E-state index < -0.39 is 11.6 Å². The molecular formula is C16H23N3O2S. The van der Waals surface area contributed by atoms with Gasteiger partial charge in [-0.1, -0.05) is 13.8 Å². The van der Waals surface area contributed by atoms with Crippen molar-refractivity contribution in [2.24, 2.45) is 5.92 Å². The molecule has 5 nitrogen and oxygen atoms in total. The SMILES string of the molecule is Cc1cc2c(N[C@@H](C(=O)OC(C)(C)C)C(C)C)ncnc2s1. The maximum atomic E-state index is 12.4. The molecule has 120 valence electrons. The van der Waals surface area contributed by atoms with E-state index >= 15 is 0 Å². The second kappa shape index (κ2) is 6.20. The van der Waals surface area contributed by atoms with Gasteiger partial charge in [0.25, 0.3) is 0 Å². The van der Waals surface area contributed by atoms with Crippen molar-refractivity contribution in [2.75, 3.05) is 5.32 Å². The van der Waals surface area contributed by atoms with Crippen LogP contribution in [0.5, 0.6) is 0 Å². The van der Waals surface area contributed by atoms with Crippen LogP contribution in [0.1, 0.15) is 39.5 Å². The minimum absolute atomic E-state index is 0.0830. The largest absolute Gasteiger partial charge is 0.458 e. The molecule has 22 heavy (non-hydrogen) atoms. The van der Waals surface area contributed by atoms with Crippen molar-refractivity contribution < 1.29 is 9.53 Å². The Balaban J connectivity index is 2.29. The second-order valence-corrected chi connectivity index (χ2v) is 7.93. The first-order chi connectivity index (χ1) is 10.2. The van der Waals surface area contributed by atoms with Crippen LogP contribution in [-0.2, 0) is 9.53 Å². The Morgan fingerprint density at radius 2 is 2.00 bits per heavy atom. The van der Waals surface area contributed by atoms with Gasteiger partial charge in [0.05, 0.1) is 5.39 Å². The number of nitrogens with zero attached hydrogens (tertiary/aromatic N) is 2. The number of aromatic nitrogens is 2. The van der Waals surface area contributed by atoms with Crippen LogP contribution in [0.15, 0.2) is 12.4 Å². The third-order valence-electron chi connectivity index (χ3n) is 3.07. The highest BCUT2D eigenvalue weighted by molar-refractivity contribution is 7.18. The standard InChI is InChI=1S/C16H23N3O2S/c1-9(2)12(15(20)21-16(4,5)6)19-13-11-7-10(3)22-14(11)18-8-17-13/h7-9,12H,1-6H3,(H,17,18,19)/t12-/m1/s1. The Morgan fingerprint density at radius 3 is 2.59 bits per heavy atom. The second-order valence-electron chi connectivity index (χ2n) is 6.70. The fraction of sp³-hybridized carbons (Fsp3) is 0.562. The molecular weight excluding hydrogens is 298 g/mol. The summed E-state index contributed by atoms with van der Waals surface area (Å²) >= 11 is 1.61. The number of esters is 1. The zero-order chi connectivity index (χ0) is 16.5. The Hall–Kier alpha value is -1.69. The molecule has 6 heteroatoms. The predicted octanol–water partition coefficient (Wildman–Crippen LogP) is 3.78. The summed E-state index contributed by atoms with van der Waals surface area (Å²) in [6.45, 7) is 11.6. The molecule has 0 unspecified atom stereocenters. The minimum atomic E-state index is -0.508. The maximum Gasteiger partial charge on any atom is 0.329 e. The Morgan fingerprint density at radius 1 is 1.32 bits per heavy atom. The lowest BCUT2D eigenvalue weighted by Gasteiger charge is -2.26. The molecule has 1 N–H and O–H groups in total.